The predicted molar refractivity (Wildman–Crippen MR) is 82.6 cm³/mol. The van der Waals surface area contributed by atoms with Gasteiger partial charge in [0.2, 0.25) is 0 Å². The molecule has 2 fully saturated rings. The van der Waals surface area contributed by atoms with Crippen molar-refractivity contribution in [1.29, 1.82) is 0 Å². The molecular weight excluding hydrogens is 234 g/mol. The Hall–Kier alpha value is -0.120. The molecule has 0 spiro atoms. The van der Waals surface area contributed by atoms with Crippen molar-refractivity contribution in [2.24, 2.45) is 5.92 Å². The highest BCUT2D eigenvalue weighted by Crippen LogP contribution is 2.29. The van der Waals surface area contributed by atoms with E-state index in [4.69, 9.17) is 0 Å². The fourth-order valence-electron chi connectivity index (χ4n) is 3.61. The predicted octanol–water partition coefficient (Wildman–Crippen LogP) is 2.18. The minimum atomic E-state index is 0.295. The van der Waals surface area contributed by atoms with Gasteiger partial charge in [-0.3, -0.25) is 0 Å². The Morgan fingerprint density at radius 2 is 2.00 bits per heavy atom. The van der Waals surface area contributed by atoms with Crippen LogP contribution >= 0.6 is 0 Å². The van der Waals surface area contributed by atoms with Gasteiger partial charge in [-0.1, -0.05) is 6.92 Å². The summed E-state index contributed by atoms with van der Waals surface area (Å²) < 4.78 is 0. The van der Waals surface area contributed by atoms with Gasteiger partial charge in [-0.2, -0.15) is 0 Å². The Kier molecular flexibility index (Phi) is 5.27. The monoisotopic (exact) mass is 267 g/mol. The zero-order chi connectivity index (χ0) is 13.9. The maximum absolute atomic E-state index is 3.68. The van der Waals surface area contributed by atoms with E-state index in [0.29, 0.717) is 5.54 Å². The number of nitrogens with one attached hydrogen (secondary N) is 1. The molecule has 2 heterocycles. The molecule has 0 aromatic rings. The van der Waals surface area contributed by atoms with Crippen LogP contribution in [-0.2, 0) is 0 Å². The van der Waals surface area contributed by atoms with Crippen LogP contribution in [0.15, 0.2) is 0 Å². The second-order valence-corrected chi connectivity index (χ2v) is 7.20. The summed E-state index contributed by atoms with van der Waals surface area (Å²) in [5.74, 6) is 0.923. The van der Waals surface area contributed by atoms with Gasteiger partial charge in [-0.25, -0.2) is 0 Å². The van der Waals surface area contributed by atoms with Crippen molar-refractivity contribution in [3.8, 4) is 0 Å². The van der Waals surface area contributed by atoms with Gasteiger partial charge in [0.15, 0.2) is 0 Å². The zero-order valence-corrected chi connectivity index (χ0v) is 13.4. The van der Waals surface area contributed by atoms with Gasteiger partial charge in [-0.15, -0.1) is 0 Å². The largest absolute Gasteiger partial charge is 0.311 e. The highest BCUT2D eigenvalue weighted by molar-refractivity contribution is 4.89. The summed E-state index contributed by atoms with van der Waals surface area (Å²) >= 11 is 0. The van der Waals surface area contributed by atoms with Crippen molar-refractivity contribution in [3.63, 3.8) is 0 Å². The first-order valence-electron chi connectivity index (χ1n) is 8.19. The van der Waals surface area contributed by atoms with Crippen LogP contribution in [0.25, 0.3) is 0 Å². The summed E-state index contributed by atoms with van der Waals surface area (Å²) in [6.07, 6.45) is 5.41. The van der Waals surface area contributed by atoms with E-state index in [9.17, 15) is 0 Å². The third-order valence-corrected chi connectivity index (χ3v) is 5.35. The van der Waals surface area contributed by atoms with Crippen molar-refractivity contribution < 1.29 is 0 Å². The Bertz CT molecular complexity index is 277. The van der Waals surface area contributed by atoms with Gasteiger partial charge in [-0.05, 0) is 65.6 Å². The van der Waals surface area contributed by atoms with E-state index in [0.717, 1.165) is 18.5 Å². The van der Waals surface area contributed by atoms with E-state index >= 15 is 0 Å². The van der Waals surface area contributed by atoms with E-state index in [1.807, 2.05) is 0 Å². The average Bonchev–Trinajstić information content (AvgIpc) is 2.39. The topological polar surface area (TPSA) is 18.5 Å². The van der Waals surface area contributed by atoms with Crippen LogP contribution in [0.2, 0.25) is 0 Å². The van der Waals surface area contributed by atoms with E-state index < -0.39 is 0 Å². The third kappa shape index (κ3) is 4.17. The molecule has 2 atom stereocenters. The molecule has 1 N–H and O–H groups in total. The van der Waals surface area contributed by atoms with Crippen molar-refractivity contribution in [2.45, 2.75) is 58.0 Å². The van der Waals surface area contributed by atoms with E-state index in [1.165, 1.54) is 51.9 Å². The van der Waals surface area contributed by atoms with Crippen LogP contribution in [0.3, 0.4) is 0 Å². The lowest BCUT2D eigenvalue weighted by Gasteiger charge is -2.46. The number of hydrogen-bond donors (Lipinski definition) is 1. The van der Waals surface area contributed by atoms with E-state index in [1.54, 1.807) is 0 Å². The lowest BCUT2D eigenvalue weighted by atomic mass is 9.84. The lowest BCUT2D eigenvalue weighted by molar-refractivity contribution is 0.0384. The molecule has 0 aliphatic carbocycles. The van der Waals surface area contributed by atoms with Gasteiger partial charge < -0.3 is 15.1 Å². The van der Waals surface area contributed by atoms with Crippen LogP contribution in [0, 0.1) is 5.92 Å². The van der Waals surface area contributed by atoms with Crippen LogP contribution in [0.4, 0.5) is 0 Å². The fraction of sp³-hybridized carbons (Fsp3) is 1.00. The summed E-state index contributed by atoms with van der Waals surface area (Å²) in [6, 6.07) is 0.866. The smallest absolute Gasteiger partial charge is 0.0145 e. The molecule has 0 amide bonds. The fourth-order valence-corrected chi connectivity index (χ4v) is 3.61. The molecule has 0 aromatic heterocycles. The summed E-state index contributed by atoms with van der Waals surface area (Å²) in [7, 11) is 2.32. The van der Waals surface area contributed by atoms with Gasteiger partial charge >= 0.3 is 0 Å². The number of rotatable bonds is 5. The molecule has 0 aromatic carbocycles. The normalized spacial score (nSPS) is 30.3. The Balaban J connectivity index is 1.72. The van der Waals surface area contributed by atoms with Crippen molar-refractivity contribution >= 4 is 0 Å². The quantitative estimate of drug-likeness (QED) is 0.824. The number of fused-ring (bicyclic) bond motifs is 1. The summed E-state index contributed by atoms with van der Waals surface area (Å²) in [5.41, 5.74) is 0.295. The maximum Gasteiger partial charge on any atom is 0.0145 e. The molecular formula is C16H33N3. The van der Waals surface area contributed by atoms with E-state index in [2.05, 4.69) is 42.9 Å². The van der Waals surface area contributed by atoms with E-state index in [-0.39, 0.29) is 0 Å². The summed E-state index contributed by atoms with van der Waals surface area (Å²) in [4.78, 5) is 5.28. The second-order valence-electron chi connectivity index (χ2n) is 7.20. The molecule has 2 saturated heterocycles. The average molecular weight is 267 g/mol. The van der Waals surface area contributed by atoms with Crippen LogP contribution in [0.1, 0.15) is 46.5 Å². The van der Waals surface area contributed by atoms with Gasteiger partial charge in [0.1, 0.15) is 0 Å². The number of hydrogen-bond acceptors (Lipinski definition) is 3. The summed E-state index contributed by atoms with van der Waals surface area (Å²) in [6.45, 7) is 13.1. The molecule has 0 bridgehead atoms. The minimum Gasteiger partial charge on any atom is -0.311 e. The van der Waals surface area contributed by atoms with Gasteiger partial charge in [0, 0.05) is 31.2 Å². The second kappa shape index (κ2) is 6.55. The van der Waals surface area contributed by atoms with Crippen molar-refractivity contribution in [3.05, 3.63) is 0 Å². The molecule has 112 valence electrons. The number of likely N-dealkylation sites (tertiary alicyclic amines) is 2. The molecule has 0 saturated carbocycles. The first-order chi connectivity index (χ1) is 9.02. The first kappa shape index (κ1) is 15.3. The Morgan fingerprint density at radius 1 is 1.21 bits per heavy atom. The number of piperidine rings is 2. The molecule has 2 aliphatic rings. The first-order valence-corrected chi connectivity index (χ1v) is 8.19. The molecule has 2 rings (SSSR count). The van der Waals surface area contributed by atoms with Crippen LogP contribution in [0.5, 0.6) is 0 Å². The lowest BCUT2D eigenvalue weighted by Crippen LogP contribution is -2.54. The molecule has 19 heavy (non-hydrogen) atoms. The third-order valence-electron chi connectivity index (χ3n) is 5.35. The Morgan fingerprint density at radius 3 is 2.74 bits per heavy atom. The van der Waals surface area contributed by atoms with Gasteiger partial charge in [0.25, 0.3) is 0 Å². The summed E-state index contributed by atoms with van der Waals surface area (Å²) in [5, 5.41) is 3.68. The highest BCUT2D eigenvalue weighted by Gasteiger charge is 2.33. The molecule has 3 heteroatoms. The van der Waals surface area contributed by atoms with Crippen LogP contribution < -0.4 is 5.32 Å². The molecule has 3 nitrogen and oxygen atoms in total. The van der Waals surface area contributed by atoms with Crippen molar-refractivity contribution in [2.75, 3.05) is 39.8 Å². The standard InChI is InChI=1S/C16H33N3/c1-5-16(2,3)17-9-12-19-11-8-15-14(13-19)7-6-10-18(15)4/h14-15,17H,5-13H2,1-4H3. The van der Waals surface area contributed by atoms with Gasteiger partial charge in [0.05, 0.1) is 0 Å². The highest BCUT2D eigenvalue weighted by atomic mass is 15.2. The molecule has 0 radical (unpaired) electrons. The zero-order valence-electron chi connectivity index (χ0n) is 13.4. The maximum atomic E-state index is 3.68. The molecule has 2 aliphatic heterocycles. The number of nitrogens with zero attached hydrogens (tertiary/aromatic N) is 2. The van der Waals surface area contributed by atoms with Crippen molar-refractivity contribution in [1.82, 2.24) is 15.1 Å². The van der Waals surface area contributed by atoms with Crippen LogP contribution in [-0.4, -0.2) is 61.2 Å². The molecule has 2 unspecified atom stereocenters. The minimum absolute atomic E-state index is 0.295. The SMILES string of the molecule is CCC(C)(C)NCCN1CCC2C(CCCN2C)C1. The Labute approximate surface area is 119 Å².